The molecular formula is C9H17NO. The average molecular weight is 155 g/mol. The van der Waals surface area contributed by atoms with Crippen molar-refractivity contribution in [1.82, 2.24) is 4.90 Å². The van der Waals surface area contributed by atoms with Gasteiger partial charge in [-0.3, -0.25) is 4.90 Å². The standard InChI is InChI=1S/C9H17NO/c1-8(11)7-9-5-3-4-6-10(9)2/h3-4,8-9,11H,5-7H2,1-2H3. The molecule has 1 N–H and O–H groups in total. The highest BCUT2D eigenvalue weighted by Gasteiger charge is 2.16. The lowest BCUT2D eigenvalue weighted by molar-refractivity contribution is 0.130. The second kappa shape index (κ2) is 3.88. The fourth-order valence-corrected chi connectivity index (χ4v) is 1.49. The van der Waals surface area contributed by atoms with E-state index in [9.17, 15) is 5.11 Å². The molecule has 2 heteroatoms. The molecule has 11 heavy (non-hydrogen) atoms. The largest absolute Gasteiger partial charge is 0.393 e. The first-order chi connectivity index (χ1) is 5.20. The van der Waals surface area contributed by atoms with Gasteiger partial charge < -0.3 is 5.11 Å². The molecule has 0 saturated heterocycles. The minimum absolute atomic E-state index is 0.172. The number of aliphatic hydroxyl groups excluding tert-OH is 1. The van der Waals surface area contributed by atoms with E-state index in [1.165, 1.54) is 0 Å². The molecule has 2 nitrogen and oxygen atoms in total. The fraction of sp³-hybridized carbons (Fsp3) is 0.778. The predicted molar refractivity (Wildman–Crippen MR) is 46.5 cm³/mol. The molecule has 0 saturated carbocycles. The van der Waals surface area contributed by atoms with Crippen molar-refractivity contribution in [2.75, 3.05) is 13.6 Å². The molecule has 0 fully saturated rings. The lowest BCUT2D eigenvalue weighted by Gasteiger charge is -2.29. The van der Waals surface area contributed by atoms with Crippen LogP contribution in [-0.2, 0) is 0 Å². The Morgan fingerprint density at radius 1 is 1.64 bits per heavy atom. The molecule has 0 aliphatic carbocycles. The molecule has 0 amide bonds. The molecular weight excluding hydrogens is 138 g/mol. The van der Waals surface area contributed by atoms with E-state index < -0.39 is 0 Å². The van der Waals surface area contributed by atoms with Gasteiger partial charge in [-0.25, -0.2) is 0 Å². The van der Waals surface area contributed by atoms with Crippen molar-refractivity contribution in [3.63, 3.8) is 0 Å². The van der Waals surface area contributed by atoms with Crippen LogP contribution in [0.3, 0.4) is 0 Å². The molecule has 2 atom stereocenters. The Balaban J connectivity index is 2.38. The summed E-state index contributed by atoms with van der Waals surface area (Å²) in [6.45, 7) is 2.88. The van der Waals surface area contributed by atoms with Crippen LogP contribution in [0.15, 0.2) is 12.2 Å². The summed E-state index contributed by atoms with van der Waals surface area (Å²) in [6, 6.07) is 0.542. The van der Waals surface area contributed by atoms with Gasteiger partial charge in [-0.05, 0) is 26.8 Å². The number of aliphatic hydroxyl groups is 1. The third kappa shape index (κ3) is 2.64. The minimum Gasteiger partial charge on any atom is -0.393 e. The van der Waals surface area contributed by atoms with E-state index in [4.69, 9.17) is 0 Å². The molecule has 0 aromatic rings. The molecule has 1 rings (SSSR count). The summed E-state index contributed by atoms with van der Waals surface area (Å²) in [7, 11) is 2.11. The first-order valence-electron chi connectivity index (χ1n) is 4.23. The van der Waals surface area contributed by atoms with Crippen LogP contribution in [0, 0.1) is 0 Å². The summed E-state index contributed by atoms with van der Waals surface area (Å²) < 4.78 is 0. The summed E-state index contributed by atoms with van der Waals surface area (Å²) >= 11 is 0. The topological polar surface area (TPSA) is 23.5 Å². The monoisotopic (exact) mass is 155 g/mol. The van der Waals surface area contributed by atoms with E-state index >= 15 is 0 Å². The lowest BCUT2D eigenvalue weighted by Crippen LogP contribution is -2.36. The summed E-state index contributed by atoms with van der Waals surface area (Å²) in [6.07, 6.45) is 6.18. The molecule has 0 aromatic carbocycles. The second-order valence-corrected chi connectivity index (χ2v) is 3.39. The Bertz CT molecular complexity index is 142. The normalized spacial score (nSPS) is 28.8. The first kappa shape index (κ1) is 8.75. The third-order valence-electron chi connectivity index (χ3n) is 2.20. The van der Waals surface area contributed by atoms with Gasteiger partial charge in [0.2, 0.25) is 0 Å². The van der Waals surface area contributed by atoms with Crippen molar-refractivity contribution in [3.05, 3.63) is 12.2 Å². The van der Waals surface area contributed by atoms with E-state index in [1.807, 2.05) is 6.92 Å². The van der Waals surface area contributed by atoms with Gasteiger partial charge in [0.25, 0.3) is 0 Å². The summed E-state index contributed by atoms with van der Waals surface area (Å²) in [5.41, 5.74) is 0. The Kier molecular flexibility index (Phi) is 3.09. The summed E-state index contributed by atoms with van der Waals surface area (Å²) in [5, 5.41) is 9.17. The molecule has 0 radical (unpaired) electrons. The van der Waals surface area contributed by atoms with Crippen LogP contribution >= 0.6 is 0 Å². The molecule has 0 bridgehead atoms. The fourth-order valence-electron chi connectivity index (χ4n) is 1.49. The number of hydrogen-bond acceptors (Lipinski definition) is 2. The van der Waals surface area contributed by atoms with Gasteiger partial charge in [0.1, 0.15) is 0 Å². The SMILES string of the molecule is CC(O)CC1CC=CCN1C. The van der Waals surface area contributed by atoms with E-state index in [2.05, 4.69) is 24.1 Å². The highest BCUT2D eigenvalue weighted by molar-refractivity contribution is 4.95. The molecule has 2 unspecified atom stereocenters. The Labute approximate surface area is 68.5 Å². The van der Waals surface area contributed by atoms with Gasteiger partial charge >= 0.3 is 0 Å². The number of rotatable bonds is 2. The number of nitrogens with zero attached hydrogens (tertiary/aromatic N) is 1. The van der Waals surface area contributed by atoms with Crippen LogP contribution in [0.5, 0.6) is 0 Å². The van der Waals surface area contributed by atoms with Gasteiger partial charge in [0.05, 0.1) is 6.10 Å². The maximum absolute atomic E-state index is 9.17. The smallest absolute Gasteiger partial charge is 0.0527 e. The van der Waals surface area contributed by atoms with Gasteiger partial charge in [0, 0.05) is 12.6 Å². The highest BCUT2D eigenvalue weighted by atomic mass is 16.3. The second-order valence-electron chi connectivity index (χ2n) is 3.39. The van der Waals surface area contributed by atoms with Gasteiger partial charge in [-0.1, -0.05) is 12.2 Å². The predicted octanol–water partition coefficient (Wildman–Crippen LogP) is 1.02. The lowest BCUT2D eigenvalue weighted by atomic mass is 10.0. The van der Waals surface area contributed by atoms with E-state index in [0.29, 0.717) is 6.04 Å². The quantitative estimate of drug-likeness (QED) is 0.602. The van der Waals surface area contributed by atoms with Crippen LogP contribution in [0.1, 0.15) is 19.8 Å². The maximum Gasteiger partial charge on any atom is 0.0527 e. The number of hydrogen-bond donors (Lipinski definition) is 1. The van der Waals surface area contributed by atoms with E-state index in [1.54, 1.807) is 0 Å². The van der Waals surface area contributed by atoms with Gasteiger partial charge in [0.15, 0.2) is 0 Å². The van der Waals surface area contributed by atoms with Crippen LogP contribution in [0.25, 0.3) is 0 Å². The highest BCUT2D eigenvalue weighted by Crippen LogP contribution is 2.13. The zero-order valence-electron chi connectivity index (χ0n) is 7.33. The van der Waals surface area contributed by atoms with Crippen molar-refractivity contribution in [1.29, 1.82) is 0 Å². The van der Waals surface area contributed by atoms with Crippen LogP contribution in [0.4, 0.5) is 0 Å². The van der Waals surface area contributed by atoms with Crippen molar-refractivity contribution >= 4 is 0 Å². The zero-order chi connectivity index (χ0) is 8.27. The van der Waals surface area contributed by atoms with Crippen LogP contribution in [-0.4, -0.2) is 35.7 Å². The summed E-state index contributed by atoms with van der Waals surface area (Å²) in [5.74, 6) is 0. The van der Waals surface area contributed by atoms with Crippen molar-refractivity contribution in [3.8, 4) is 0 Å². The van der Waals surface area contributed by atoms with Crippen molar-refractivity contribution in [2.45, 2.75) is 31.9 Å². The number of likely N-dealkylation sites (N-methyl/N-ethyl adjacent to an activating group) is 1. The maximum atomic E-state index is 9.17. The third-order valence-corrected chi connectivity index (χ3v) is 2.20. The van der Waals surface area contributed by atoms with Crippen LogP contribution < -0.4 is 0 Å². The minimum atomic E-state index is -0.172. The Hall–Kier alpha value is -0.340. The first-order valence-corrected chi connectivity index (χ1v) is 4.23. The molecule has 1 aliphatic heterocycles. The van der Waals surface area contributed by atoms with E-state index in [-0.39, 0.29) is 6.10 Å². The van der Waals surface area contributed by atoms with Gasteiger partial charge in [-0.15, -0.1) is 0 Å². The van der Waals surface area contributed by atoms with Crippen molar-refractivity contribution in [2.24, 2.45) is 0 Å². The molecule has 1 aliphatic rings. The molecule has 64 valence electrons. The Morgan fingerprint density at radius 3 is 2.91 bits per heavy atom. The molecule has 0 aromatic heterocycles. The molecule has 1 heterocycles. The zero-order valence-corrected chi connectivity index (χ0v) is 7.33. The van der Waals surface area contributed by atoms with Crippen molar-refractivity contribution < 1.29 is 5.11 Å². The summed E-state index contributed by atoms with van der Waals surface area (Å²) in [4.78, 5) is 2.28. The average Bonchev–Trinajstić information content (AvgIpc) is 1.93. The molecule has 0 spiro atoms. The van der Waals surface area contributed by atoms with Crippen LogP contribution in [0.2, 0.25) is 0 Å². The van der Waals surface area contributed by atoms with Gasteiger partial charge in [-0.2, -0.15) is 0 Å². The Morgan fingerprint density at radius 2 is 2.36 bits per heavy atom. The van der Waals surface area contributed by atoms with E-state index in [0.717, 1.165) is 19.4 Å².